The third-order valence-electron chi connectivity index (χ3n) is 2.04. The van der Waals surface area contributed by atoms with Gasteiger partial charge >= 0.3 is 0 Å². The Labute approximate surface area is 84.7 Å². The molecule has 1 aromatic carbocycles. The molecule has 0 aromatic heterocycles. The van der Waals surface area contributed by atoms with E-state index in [1.165, 1.54) is 5.56 Å². The summed E-state index contributed by atoms with van der Waals surface area (Å²) in [5.41, 5.74) is 3.33. The van der Waals surface area contributed by atoms with Gasteiger partial charge in [-0.2, -0.15) is 0 Å². The first-order chi connectivity index (χ1) is 6.88. The minimum absolute atomic E-state index is 0.564. The number of hydrogen-bond acceptors (Lipinski definition) is 3. The molecule has 0 aliphatic rings. The third kappa shape index (κ3) is 3.36. The van der Waals surface area contributed by atoms with Crippen molar-refractivity contribution in [1.29, 1.82) is 0 Å². The molecule has 0 aliphatic heterocycles. The number of rotatable bonds is 6. The maximum atomic E-state index is 8.36. The molecule has 0 atom stereocenters. The molecule has 0 bridgehead atoms. The van der Waals surface area contributed by atoms with Gasteiger partial charge in [-0.15, -0.1) is 0 Å². The highest BCUT2D eigenvalue weighted by Gasteiger charge is 1.99. The van der Waals surface area contributed by atoms with Crippen molar-refractivity contribution in [2.45, 2.75) is 19.8 Å². The summed E-state index contributed by atoms with van der Waals surface area (Å²) < 4.78 is 5.58. The summed E-state index contributed by atoms with van der Waals surface area (Å²) in [6.45, 7) is 3.30. The Hall–Kier alpha value is -1.06. The van der Waals surface area contributed by atoms with E-state index in [0.717, 1.165) is 18.6 Å². The second-order valence-electron chi connectivity index (χ2n) is 3.07. The van der Waals surface area contributed by atoms with Crippen molar-refractivity contribution in [3.63, 3.8) is 0 Å². The largest absolute Gasteiger partial charge is 0.493 e. The normalized spacial score (nSPS) is 10.1. The first kappa shape index (κ1) is 11.0. The lowest BCUT2D eigenvalue weighted by atomic mass is 10.1. The van der Waals surface area contributed by atoms with E-state index in [-0.39, 0.29) is 0 Å². The van der Waals surface area contributed by atoms with E-state index in [0.29, 0.717) is 13.2 Å². The number of benzene rings is 1. The molecule has 0 aliphatic carbocycles. The van der Waals surface area contributed by atoms with Gasteiger partial charge in [-0.25, -0.2) is 5.48 Å². The fraction of sp³-hybridized carbons (Fsp3) is 0.455. The molecule has 3 heteroatoms. The lowest BCUT2D eigenvalue weighted by Gasteiger charge is -2.09. The monoisotopic (exact) mass is 195 g/mol. The summed E-state index contributed by atoms with van der Waals surface area (Å²) in [4.78, 5) is 0. The topological polar surface area (TPSA) is 41.5 Å². The summed E-state index contributed by atoms with van der Waals surface area (Å²) in [5, 5.41) is 8.36. The SMILES string of the molecule is CCc1ccccc1OCCCNO. The third-order valence-corrected chi connectivity index (χ3v) is 2.04. The van der Waals surface area contributed by atoms with E-state index in [2.05, 4.69) is 18.5 Å². The zero-order valence-electron chi connectivity index (χ0n) is 8.49. The Bertz CT molecular complexity index is 263. The number of hydrogen-bond donors (Lipinski definition) is 2. The molecule has 2 N–H and O–H groups in total. The summed E-state index contributed by atoms with van der Waals surface area (Å²) >= 11 is 0. The van der Waals surface area contributed by atoms with Crippen molar-refractivity contribution in [3.8, 4) is 5.75 Å². The summed E-state index contributed by atoms with van der Waals surface area (Å²) in [7, 11) is 0. The van der Waals surface area contributed by atoms with Crippen molar-refractivity contribution in [2.24, 2.45) is 0 Å². The van der Waals surface area contributed by atoms with Gasteiger partial charge in [-0.1, -0.05) is 25.1 Å². The molecule has 0 unspecified atom stereocenters. The molecule has 3 nitrogen and oxygen atoms in total. The molecule has 14 heavy (non-hydrogen) atoms. The molecular formula is C11H17NO2. The average molecular weight is 195 g/mol. The summed E-state index contributed by atoms with van der Waals surface area (Å²) in [5.74, 6) is 0.952. The first-order valence-corrected chi connectivity index (χ1v) is 4.96. The molecule has 1 rings (SSSR count). The lowest BCUT2D eigenvalue weighted by molar-refractivity contribution is 0.157. The van der Waals surface area contributed by atoms with Gasteiger partial charge in [0.1, 0.15) is 5.75 Å². The predicted octanol–water partition coefficient (Wildman–Crippen LogP) is 2.00. The van der Waals surface area contributed by atoms with Gasteiger partial charge in [0.05, 0.1) is 6.61 Å². The van der Waals surface area contributed by atoms with Crippen LogP contribution in [0.3, 0.4) is 0 Å². The second kappa shape index (κ2) is 6.40. The van der Waals surface area contributed by atoms with Crippen molar-refractivity contribution >= 4 is 0 Å². The molecule has 0 heterocycles. The molecule has 0 saturated heterocycles. The van der Waals surface area contributed by atoms with Gasteiger partial charge in [-0.3, -0.25) is 0 Å². The Balaban J connectivity index is 2.41. The maximum absolute atomic E-state index is 8.36. The quantitative estimate of drug-likeness (QED) is 0.539. The van der Waals surface area contributed by atoms with Crippen LogP contribution in [0.5, 0.6) is 5.75 Å². The smallest absolute Gasteiger partial charge is 0.122 e. The highest BCUT2D eigenvalue weighted by molar-refractivity contribution is 5.33. The van der Waals surface area contributed by atoms with Crippen molar-refractivity contribution in [1.82, 2.24) is 5.48 Å². The number of aryl methyl sites for hydroxylation is 1. The Kier molecular flexibility index (Phi) is 5.04. The molecule has 0 spiro atoms. The van der Waals surface area contributed by atoms with E-state index < -0.39 is 0 Å². The van der Waals surface area contributed by atoms with Crippen LogP contribution in [-0.4, -0.2) is 18.4 Å². The van der Waals surface area contributed by atoms with Crippen molar-refractivity contribution < 1.29 is 9.94 Å². The molecule has 0 radical (unpaired) electrons. The maximum Gasteiger partial charge on any atom is 0.122 e. The minimum atomic E-state index is 0.564. The second-order valence-corrected chi connectivity index (χ2v) is 3.07. The van der Waals surface area contributed by atoms with E-state index in [4.69, 9.17) is 9.94 Å². The van der Waals surface area contributed by atoms with E-state index in [9.17, 15) is 0 Å². The van der Waals surface area contributed by atoms with E-state index >= 15 is 0 Å². The average Bonchev–Trinajstić information content (AvgIpc) is 2.25. The van der Waals surface area contributed by atoms with Crippen LogP contribution in [0.1, 0.15) is 18.9 Å². The van der Waals surface area contributed by atoms with E-state index in [1.54, 1.807) is 0 Å². The predicted molar refractivity (Wildman–Crippen MR) is 55.7 cm³/mol. The molecule has 0 saturated carbocycles. The van der Waals surface area contributed by atoms with Gasteiger partial charge in [0.25, 0.3) is 0 Å². The number of para-hydroxylation sites is 1. The summed E-state index contributed by atoms with van der Waals surface area (Å²) in [6.07, 6.45) is 1.78. The number of hydroxylamine groups is 1. The lowest BCUT2D eigenvalue weighted by Crippen LogP contribution is -2.12. The van der Waals surface area contributed by atoms with Crippen LogP contribution in [0.2, 0.25) is 0 Å². The molecular weight excluding hydrogens is 178 g/mol. The zero-order chi connectivity index (χ0) is 10.2. The van der Waals surface area contributed by atoms with Crippen LogP contribution in [0.4, 0.5) is 0 Å². The van der Waals surface area contributed by atoms with E-state index in [1.807, 2.05) is 18.2 Å². The minimum Gasteiger partial charge on any atom is -0.493 e. The highest BCUT2D eigenvalue weighted by atomic mass is 16.5. The number of nitrogens with one attached hydrogen (secondary N) is 1. The molecule has 78 valence electrons. The Morgan fingerprint density at radius 3 is 2.86 bits per heavy atom. The Morgan fingerprint density at radius 2 is 2.14 bits per heavy atom. The molecule has 1 aromatic rings. The van der Waals surface area contributed by atoms with Crippen LogP contribution in [0.25, 0.3) is 0 Å². The van der Waals surface area contributed by atoms with Crippen LogP contribution in [-0.2, 0) is 6.42 Å². The Morgan fingerprint density at radius 1 is 1.36 bits per heavy atom. The highest BCUT2D eigenvalue weighted by Crippen LogP contribution is 2.18. The van der Waals surface area contributed by atoms with Gasteiger partial charge in [0, 0.05) is 6.54 Å². The van der Waals surface area contributed by atoms with Gasteiger partial charge in [-0.05, 0) is 24.5 Å². The fourth-order valence-electron chi connectivity index (χ4n) is 1.27. The van der Waals surface area contributed by atoms with Crippen LogP contribution in [0, 0.1) is 0 Å². The molecule has 0 fully saturated rings. The summed E-state index contributed by atoms with van der Waals surface area (Å²) in [6, 6.07) is 8.03. The van der Waals surface area contributed by atoms with Crippen LogP contribution < -0.4 is 10.2 Å². The standard InChI is InChI=1S/C11H17NO2/c1-2-10-6-3-4-7-11(10)14-9-5-8-12-13/h3-4,6-7,12-13H,2,5,8-9H2,1H3. The number of ether oxygens (including phenoxy) is 1. The van der Waals surface area contributed by atoms with Crippen LogP contribution >= 0.6 is 0 Å². The first-order valence-electron chi connectivity index (χ1n) is 4.96. The molecule has 0 amide bonds. The van der Waals surface area contributed by atoms with Gasteiger partial charge < -0.3 is 9.94 Å². The van der Waals surface area contributed by atoms with Crippen molar-refractivity contribution in [3.05, 3.63) is 29.8 Å². The van der Waals surface area contributed by atoms with Crippen molar-refractivity contribution in [2.75, 3.05) is 13.2 Å². The fourth-order valence-corrected chi connectivity index (χ4v) is 1.27. The van der Waals surface area contributed by atoms with Crippen LogP contribution in [0.15, 0.2) is 24.3 Å². The van der Waals surface area contributed by atoms with Gasteiger partial charge in [0.2, 0.25) is 0 Å². The zero-order valence-corrected chi connectivity index (χ0v) is 8.49. The van der Waals surface area contributed by atoms with Gasteiger partial charge in [0.15, 0.2) is 0 Å².